The molecular formula is C8H15NO2. The molecule has 0 aliphatic carbocycles. The van der Waals surface area contributed by atoms with Gasteiger partial charge in [-0.15, -0.1) is 0 Å². The van der Waals surface area contributed by atoms with Gasteiger partial charge in [-0.05, 0) is 33.4 Å². The van der Waals surface area contributed by atoms with Crippen LogP contribution in [0.15, 0.2) is 0 Å². The van der Waals surface area contributed by atoms with Crippen molar-refractivity contribution >= 4 is 5.97 Å². The topological polar surface area (TPSA) is 29.5 Å². The van der Waals surface area contributed by atoms with E-state index in [1.165, 1.54) is 0 Å². The lowest BCUT2D eigenvalue weighted by Gasteiger charge is -2.16. The van der Waals surface area contributed by atoms with Crippen LogP contribution in [-0.2, 0) is 9.53 Å². The van der Waals surface area contributed by atoms with Crippen molar-refractivity contribution in [1.82, 2.24) is 4.90 Å². The lowest BCUT2D eigenvalue weighted by molar-refractivity contribution is -0.147. The van der Waals surface area contributed by atoms with Crippen LogP contribution in [-0.4, -0.2) is 37.1 Å². The van der Waals surface area contributed by atoms with Gasteiger partial charge in [-0.2, -0.15) is 0 Å². The number of carbonyl (C=O) groups excluding carboxylic acids is 1. The highest BCUT2D eigenvalue weighted by atomic mass is 16.5. The molecule has 0 aromatic carbocycles. The summed E-state index contributed by atoms with van der Waals surface area (Å²) in [7, 11) is 1.97. The minimum absolute atomic E-state index is 0.0231. The van der Waals surface area contributed by atoms with Gasteiger partial charge in [0, 0.05) is 0 Å². The van der Waals surface area contributed by atoms with Crippen LogP contribution < -0.4 is 0 Å². The van der Waals surface area contributed by atoms with Crippen LogP contribution in [0.4, 0.5) is 0 Å². The second-order valence-electron chi connectivity index (χ2n) is 2.89. The van der Waals surface area contributed by atoms with Gasteiger partial charge >= 0.3 is 5.97 Å². The van der Waals surface area contributed by atoms with Crippen LogP contribution in [0, 0.1) is 0 Å². The predicted octanol–water partition coefficient (Wildman–Crippen LogP) is 0.644. The first kappa shape index (κ1) is 8.53. The standard InChI is InChI=1S/C8H15NO2/c1-3-11-8(10)7-5-4-6-9(7)2/h7H,3-6H2,1-2H3/t7-/m0/s1. The summed E-state index contributed by atoms with van der Waals surface area (Å²) in [6.45, 7) is 3.35. The number of carbonyl (C=O) groups is 1. The number of hydrogen-bond donors (Lipinski definition) is 0. The Morgan fingerprint density at radius 2 is 2.45 bits per heavy atom. The summed E-state index contributed by atoms with van der Waals surface area (Å²) < 4.78 is 4.92. The van der Waals surface area contributed by atoms with E-state index in [-0.39, 0.29) is 12.0 Å². The summed E-state index contributed by atoms with van der Waals surface area (Å²) in [5, 5.41) is 0. The number of likely N-dealkylation sites (N-methyl/N-ethyl adjacent to an activating group) is 1. The highest BCUT2D eigenvalue weighted by Gasteiger charge is 2.28. The van der Waals surface area contributed by atoms with E-state index < -0.39 is 0 Å². The number of esters is 1. The van der Waals surface area contributed by atoms with E-state index in [1.54, 1.807) is 0 Å². The summed E-state index contributed by atoms with van der Waals surface area (Å²) in [4.78, 5) is 13.2. The molecule has 11 heavy (non-hydrogen) atoms. The van der Waals surface area contributed by atoms with Gasteiger partial charge in [0.05, 0.1) is 6.61 Å². The summed E-state index contributed by atoms with van der Waals surface area (Å²) in [6, 6.07) is 0.0231. The Morgan fingerprint density at radius 1 is 1.73 bits per heavy atom. The van der Waals surface area contributed by atoms with Crippen molar-refractivity contribution in [2.24, 2.45) is 0 Å². The average molecular weight is 157 g/mol. The van der Waals surface area contributed by atoms with E-state index in [2.05, 4.69) is 4.90 Å². The summed E-state index contributed by atoms with van der Waals surface area (Å²) in [5.41, 5.74) is 0. The van der Waals surface area contributed by atoms with Gasteiger partial charge in [0.15, 0.2) is 0 Å². The van der Waals surface area contributed by atoms with Gasteiger partial charge in [-0.25, -0.2) is 0 Å². The Hall–Kier alpha value is -0.570. The molecule has 0 spiro atoms. The lowest BCUT2D eigenvalue weighted by atomic mass is 10.2. The molecule has 3 heteroatoms. The molecule has 1 atom stereocenters. The van der Waals surface area contributed by atoms with Crippen LogP contribution in [0.2, 0.25) is 0 Å². The lowest BCUT2D eigenvalue weighted by Crippen LogP contribution is -2.34. The molecule has 1 saturated heterocycles. The van der Waals surface area contributed by atoms with Crippen molar-refractivity contribution < 1.29 is 9.53 Å². The second kappa shape index (κ2) is 3.72. The zero-order valence-corrected chi connectivity index (χ0v) is 7.17. The Labute approximate surface area is 67.3 Å². The third-order valence-electron chi connectivity index (χ3n) is 2.08. The fourth-order valence-electron chi connectivity index (χ4n) is 1.45. The van der Waals surface area contributed by atoms with E-state index in [9.17, 15) is 4.79 Å². The normalized spacial score (nSPS) is 25.5. The Morgan fingerprint density at radius 3 is 2.91 bits per heavy atom. The van der Waals surface area contributed by atoms with Gasteiger partial charge in [-0.1, -0.05) is 0 Å². The number of nitrogens with zero attached hydrogens (tertiary/aromatic N) is 1. The zero-order chi connectivity index (χ0) is 8.27. The molecule has 1 fully saturated rings. The molecule has 1 heterocycles. The highest BCUT2D eigenvalue weighted by molar-refractivity contribution is 5.76. The Balaban J connectivity index is 2.39. The predicted molar refractivity (Wildman–Crippen MR) is 42.3 cm³/mol. The minimum Gasteiger partial charge on any atom is -0.465 e. The molecule has 1 aliphatic rings. The number of rotatable bonds is 2. The molecule has 0 N–H and O–H groups in total. The van der Waals surface area contributed by atoms with Crippen LogP contribution in [0.1, 0.15) is 19.8 Å². The summed E-state index contributed by atoms with van der Waals surface area (Å²) >= 11 is 0. The van der Waals surface area contributed by atoms with Gasteiger partial charge < -0.3 is 4.74 Å². The van der Waals surface area contributed by atoms with Crippen molar-refractivity contribution in [2.75, 3.05) is 20.2 Å². The van der Waals surface area contributed by atoms with E-state index in [0.29, 0.717) is 6.61 Å². The smallest absolute Gasteiger partial charge is 0.323 e. The van der Waals surface area contributed by atoms with Crippen molar-refractivity contribution in [3.8, 4) is 0 Å². The molecule has 0 saturated carbocycles. The van der Waals surface area contributed by atoms with Crippen LogP contribution in [0.3, 0.4) is 0 Å². The summed E-state index contributed by atoms with van der Waals surface area (Å²) in [6.07, 6.45) is 2.06. The Kier molecular flexibility index (Phi) is 2.88. The average Bonchev–Trinajstić information content (AvgIpc) is 2.36. The molecule has 0 aromatic heterocycles. The monoisotopic (exact) mass is 157 g/mol. The molecule has 0 amide bonds. The fourth-order valence-corrected chi connectivity index (χ4v) is 1.45. The first-order valence-electron chi connectivity index (χ1n) is 4.12. The molecule has 1 aliphatic heterocycles. The number of hydrogen-bond acceptors (Lipinski definition) is 3. The van der Waals surface area contributed by atoms with Crippen molar-refractivity contribution in [3.63, 3.8) is 0 Å². The van der Waals surface area contributed by atoms with Gasteiger partial charge in [-0.3, -0.25) is 9.69 Å². The van der Waals surface area contributed by atoms with E-state index in [4.69, 9.17) is 4.74 Å². The van der Waals surface area contributed by atoms with Crippen molar-refractivity contribution in [1.29, 1.82) is 0 Å². The maximum Gasteiger partial charge on any atom is 0.323 e. The largest absolute Gasteiger partial charge is 0.465 e. The first-order valence-corrected chi connectivity index (χ1v) is 4.12. The van der Waals surface area contributed by atoms with Crippen molar-refractivity contribution in [2.45, 2.75) is 25.8 Å². The van der Waals surface area contributed by atoms with E-state index in [1.807, 2.05) is 14.0 Å². The van der Waals surface area contributed by atoms with Gasteiger partial charge in [0.1, 0.15) is 6.04 Å². The quantitative estimate of drug-likeness (QED) is 0.551. The maximum absolute atomic E-state index is 11.2. The molecule has 64 valence electrons. The number of likely N-dealkylation sites (tertiary alicyclic amines) is 1. The second-order valence-corrected chi connectivity index (χ2v) is 2.89. The van der Waals surface area contributed by atoms with Crippen LogP contribution >= 0.6 is 0 Å². The van der Waals surface area contributed by atoms with Gasteiger partial charge in [0.2, 0.25) is 0 Å². The molecule has 3 nitrogen and oxygen atoms in total. The molecule has 0 bridgehead atoms. The first-order chi connectivity index (χ1) is 5.25. The minimum atomic E-state index is -0.0625. The zero-order valence-electron chi connectivity index (χ0n) is 7.17. The molecule has 0 aromatic rings. The SMILES string of the molecule is CCOC(=O)[C@@H]1CCCN1C. The fraction of sp³-hybridized carbons (Fsp3) is 0.875. The molecule has 1 rings (SSSR count). The van der Waals surface area contributed by atoms with Crippen molar-refractivity contribution in [3.05, 3.63) is 0 Å². The van der Waals surface area contributed by atoms with Gasteiger partial charge in [0.25, 0.3) is 0 Å². The number of ether oxygens (including phenoxy) is 1. The third kappa shape index (κ3) is 1.93. The van der Waals surface area contributed by atoms with Crippen LogP contribution in [0.5, 0.6) is 0 Å². The van der Waals surface area contributed by atoms with E-state index in [0.717, 1.165) is 19.4 Å². The third-order valence-corrected chi connectivity index (χ3v) is 2.08. The van der Waals surface area contributed by atoms with Crippen LogP contribution in [0.25, 0.3) is 0 Å². The molecule has 0 unspecified atom stereocenters. The van der Waals surface area contributed by atoms with E-state index >= 15 is 0 Å². The summed E-state index contributed by atoms with van der Waals surface area (Å²) in [5.74, 6) is -0.0625. The molecular weight excluding hydrogens is 142 g/mol. The maximum atomic E-state index is 11.2. The molecule has 0 radical (unpaired) electrons. The highest BCUT2D eigenvalue weighted by Crippen LogP contribution is 2.15. The Bertz CT molecular complexity index is 147.